The van der Waals surface area contributed by atoms with Crippen LogP contribution in [0.15, 0.2) is 0 Å². The predicted octanol–water partition coefficient (Wildman–Crippen LogP) is 2.44. The predicted molar refractivity (Wildman–Crippen MR) is 51.6 cm³/mol. The third-order valence-electron chi connectivity index (χ3n) is 1.41. The van der Waals surface area contributed by atoms with Gasteiger partial charge in [-0.25, -0.2) is 0 Å². The number of carbonyl (C=O) groups is 1. The Balaban J connectivity index is -0.000000320. The van der Waals surface area contributed by atoms with Gasteiger partial charge in [-0.1, -0.05) is 28.7 Å². The van der Waals surface area contributed by atoms with Gasteiger partial charge in [-0.2, -0.15) is 0 Å². The quantitative estimate of drug-likeness (QED) is 0.676. The van der Waals surface area contributed by atoms with Crippen LogP contribution in [0, 0.1) is 5.92 Å². The van der Waals surface area contributed by atoms with Gasteiger partial charge in [0.2, 0.25) is 5.91 Å². The molecule has 0 aromatic heterocycles. The number of hydrogen-bond donors (Lipinski definition) is 1. The Morgan fingerprint density at radius 2 is 1.82 bits per heavy atom. The molecule has 0 aliphatic carbocycles. The third-order valence-corrected chi connectivity index (χ3v) is 1.41. The zero-order valence-electron chi connectivity index (χ0n) is 6.40. The number of amides is 1. The molecule has 11 heavy (non-hydrogen) atoms. The largest absolute Gasteiger partial charge is 0.356 e. The van der Waals surface area contributed by atoms with E-state index in [1.54, 1.807) is 0 Å². The van der Waals surface area contributed by atoms with Crippen LogP contribution in [-0.4, -0.2) is 12.5 Å². The zero-order chi connectivity index (χ0) is 7.28. The number of rotatable bonds is 3. The summed E-state index contributed by atoms with van der Waals surface area (Å²) in [5.74, 6) is 0.338. The van der Waals surface area contributed by atoms with Crippen molar-refractivity contribution in [1.29, 1.82) is 0 Å². The fourth-order valence-corrected chi connectivity index (χ4v) is 0.534. The molecule has 0 aromatic rings. The highest BCUT2D eigenvalue weighted by atomic mass is 16.1. The van der Waals surface area contributed by atoms with E-state index in [1.807, 2.05) is 20.8 Å². The van der Waals surface area contributed by atoms with Gasteiger partial charge in [-0.3, -0.25) is 4.79 Å². The molecule has 2 nitrogen and oxygen atoms in total. The van der Waals surface area contributed by atoms with Gasteiger partial charge in [0.25, 0.3) is 0 Å². The fourth-order valence-electron chi connectivity index (χ4n) is 0.534. The molecule has 0 saturated carbocycles. The van der Waals surface area contributed by atoms with Crippen LogP contribution in [0.4, 0.5) is 0 Å². The summed E-state index contributed by atoms with van der Waals surface area (Å²) in [7, 11) is 0. The summed E-state index contributed by atoms with van der Waals surface area (Å²) in [4.78, 5) is 10.9. The maximum absolute atomic E-state index is 10.9. The number of hydrogen-bond acceptors (Lipinski definition) is 1. The maximum atomic E-state index is 10.9. The molecule has 0 aliphatic rings. The van der Waals surface area contributed by atoms with Crippen LogP contribution in [-0.2, 0) is 4.79 Å². The van der Waals surface area contributed by atoms with Crippen molar-refractivity contribution in [1.82, 2.24) is 5.32 Å². The smallest absolute Gasteiger partial charge is 0.222 e. The molecule has 0 aliphatic heterocycles. The molecule has 2 heteroatoms. The van der Waals surface area contributed by atoms with Gasteiger partial charge in [0.1, 0.15) is 0 Å². The molecule has 0 rings (SSSR count). The normalized spacial score (nSPS) is 10.5. The molecule has 1 N–H and O–H groups in total. The van der Waals surface area contributed by atoms with Crippen molar-refractivity contribution in [2.75, 3.05) is 6.54 Å². The van der Waals surface area contributed by atoms with Crippen molar-refractivity contribution in [3.8, 4) is 0 Å². The summed E-state index contributed by atoms with van der Waals surface area (Å²) in [6.07, 6.45) is 0.922. The van der Waals surface area contributed by atoms with Crippen molar-refractivity contribution in [3.05, 3.63) is 0 Å². The van der Waals surface area contributed by atoms with E-state index in [2.05, 4.69) is 5.32 Å². The molecule has 0 spiro atoms. The fraction of sp³-hybridized carbons (Fsp3) is 0.889. The lowest BCUT2D eigenvalue weighted by molar-refractivity contribution is -0.124. The van der Waals surface area contributed by atoms with Crippen LogP contribution in [0.1, 0.15) is 42.0 Å². The summed E-state index contributed by atoms with van der Waals surface area (Å²) >= 11 is 0. The lowest BCUT2D eigenvalue weighted by atomic mass is 10.1. The van der Waals surface area contributed by atoms with E-state index in [0.717, 1.165) is 13.0 Å². The summed E-state index contributed by atoms with van der Waals surface area (Å²) in [5.41, 5.74) is 0. The second kappa shape index (κ2) is 9.47. The first-order valence-electron chi connectivity index (χ1n) is 3.50. The average Bonchev–Trinajstić information content (AvgIpc) is 1.87. The molecule has 1 unspecified atom stereocenters. The standard InChI is InChI=1S/C7H15NO.2CH4/c1-4-6(3)7(9)8-5-2;;/h6H,4-5H2,1-3H3,(H,8,9);2*1H4. The first-order chi connectivity index (χ1) is 4.22. The van der Waals surface area contributed by atoms with Gasteiger partial charge in [0.05, 0.1) is 0 Å². The van der Waals surface area contributed by atoms with E-state index in [9.17, 15) is 4.79 Å². The molecule has 1 amide bonds. The molecular weight excluding hydrogens is 138 g/mol. The first kappa shape index (κ1) is 16.8. The van der Waals surface area contributed by atoms with Gasteiger partial charge in [-0.05, 0) is 13.3 Å². The molecule has 0 aromatic carbocycles. The summed E-state index contributed by atoms with van der Waals surface area (Å²) < 4.78 is 0. The number of nitrogens with one attached hydrogen (secondary N) is 1. The lowest BCUT2D eigenvalue weighted by Crippen LogP contribution is -2.28. The topological polar surface area (TPSA) is 29.1 Å². The summed E-state index contributed by atoms with van der Waals surface area (Å²) in [5, 5.41) is 2.76. The molecule has 0 radical (unpaired) electrons. The Bertz CT molecular complexity index is 91.6. The third kappa shape index (κ3) is 7.37. The Hall–Kier alpha value is -0.530. The Morgan fingerprint density at radius 3 is 2.09 bits per heavy atom. The van der Waals surface area contributed by atoms with E-state index in [4.69, 9.17) is 0 Å². The summed E-state index contributed by atoms with van der Waals surface area (Å²) in [6.45, 7) is 6.62. The molecule has 0 fully saturated rings. The minimum atomic E-state index is 0. The van der Waals surface area contributed by atoms with E-state index in [1.165, 1.54) is 0 Å². The highest BCUT2D eigenvalue weighted by molar-refractivity contribution is 5.78. The molecule has 0 bridgehead atoms. The van der Waals surface area contributed by atoms with Crippen LogP contribution in [0.3, 0.4) is 0 Å². The lowest BCUT2D eigenvalue weighted by Gasteiger charge is -2.06. The highest BCUT2D eigenvalue weighted by Gasteiger charge is 2.06. The molecule has 0 saturated heterocycles. The second-order valence-corrected chi connectivity index (χ2v) is 2.20. The van der Waals surface area contributed by atoms with Gasteiger partial charge in [0, 0.05) is 12.5 Å². The van der Waals surface area contributed by atoms with Crippen molar-refractivity contribution in [3.63, 3.8) is 0 Å². The van der Waals surface area contributed by atoms with E-state index in [0.29, 0.717) is 0 Å². The van der Waals surface area contributed by atoms with Gasteiger partial charge in [-0.15, -0.1) is 0 Å². The molecule has 1 atom stereocenters. The minimum absolute atomic E-state index is 0. The van der Waals surface area contributed by atoms with Crippen LogP contribution in [0.2, 0.25) is 0 Å². The van der Waals surface area contributed by atoms with Crippen LogP contribution in [0.5, 0.6) is 0 Å². The maximum Gasteiger partial charge on any atom is 0.222 e. The SMILES string of the molecule is C.C.CCNC(=O)C(C)CC. The van der Waals surface area contributed by atoms with E-state index in [-0.39, 0.29) is 26.7 Å². The average molecular weight is 161 g/mol. The van der Waals surface area contributed by atoms with Gasteiger partial charge in [0.15, 0.2) is 0 Å². The molecule has 70 valence electrons. The van der Waals surface area contributed by atoms with E-state index >= 15 is 0 Å². The Labute approximate surface area is 71.4 Å². The van der Waals surface area contributed by atoms with Crippen LogP contribution >= 0.6 is 0 Å². The van der Waals surface area contributed by atoms with Crippen molar-refractivity contribution in [2.45, 2.75) is 42.0 Å². The number of carbonyl (C=O) groups excluding carboxylic acids is 1. The van der Waals surface area contributed by atoms with E-state index < -0.39 is 0 Å². The van der Waals surface area contributed by atoms with Crippen LogP contribution < -0.4 is 5.32 Å². The Kier molecular flexibility index (Phi) is 14.5. The second-order valence-electron chi connectivity index (χ2n) is 2.20. The summed E-state index contributed by atoms with van der Waals surface area (Å²) in [6, 6.07) is 0. The first-order valence-corrected chi connectivity index (χ1v) is 3.50. The van der Waals surface area contributed by atoms with Gasteiger partial charge >= 0.3 is 0 Å². The van der Waals surface area contributed by atoms with Crippen LogP contribution in [0.25, 0.3) is 0 Å². The zero-order valence-corrected chi connectivity index (χ0v) is 6.40. The van der Waals surface area contributed by atoms with Crippen molar-refractivity contribution >= 4 is 5.91 Å². The Morgan fingerprint density at radius 1 is 1.36 bits per heavy atom. The van der Waals surface area contributed by atoms with Crippen molar-refractivity contribution < 1.29 is 4.79 Å². The van der Waals surface area contributed by atoms with Gasteiger partial charge < -0.3 is 5.32 Å². The molecule has 0 heterocycles. The van der Waals surface area contributed by atoms with Crippen molar-refractivity contribution in [2.24, 2.45) is 5.92 Å². The highest BCUT2D eigenvalue weighted by Crippen LogP contribution is 1.98. The molecular formula is C9H23NO. The monoisotopic (exact) mass is 161 g/mol. The minimum Gasteiger partial charge on any atom is -0.356 e.